The van der Waals surface area contributed by atoms with Crippen LogP contribution in [0.25, 0.3) is 18.2 Å². The minimum absolute atomic E-state index is 0.188. The van der Waals surface area contributed by atoms with Crippen molar-refractivity contribution < 1.29 is 13.4 Å². The van der Waals surface area contributed by atoms with Crippen LogP contribution in [0.2, 0.25) is 0 Å². The van der Waals surface area contributed by atoms with E-state index in [1.54, 1.807) is 36.4 Å². The van der Waals surface area contributed by atoms with E-state index in [9.17, 15) is 13.4 Å². The summed E-state index contributed by atoms with van der Waals surface area (Å²) in [5, 5.41) is 0. The number of nitrogens with zero attached hydrogens (tertiary/aromatic N) is 2. The Balaban J connectivity index is 1.73. The van der Waals surface area contributed by atoms with E-state index in [-0.39, 0.29) is 5.78 Å². The molecule has 1 aromatic heterocycles. The van der Waals surface area contributed by atoms with Crippen molar-refractivity contribution in [2.24, 2.45) is 4.99 Å². The zero-order valence-electron chi connectivity index (χ0n) is 16.8. The summed E-state index contributed by atoms with van der Waals surface area (Å²) in [5.74, 6) is 0.188. The van der Waals surface area contributed by atoms with Crippen LogP contribution in [0, 0.1) is 0 Å². The van der Waals surface area contributed by atoms with E-state index in [0.717, 1.165) is 15.8 Å². The maximum Gasteiger partial charge on any atom is 0.678 e. The van der Waals surface area contributed by atoms with Gasteiger partial charge in [0, 0.05) is 29.9 Å². The second-order valence-corrected chi connectivity index (χ2v) is 6.86. The van der Waals surface area contributed by atoms with E-state index in [1.165, 1.54) is 0 Å². The van der Waals surface area contributed by atoms with Gasteiger partial charge >= 0.3 is 7.40 Å². The van der Waals surface area contributed by atoms with Gasteiger partial charge in [-0.05, 0) is 48.4 Å². The first kappa shape index (κ1) is 21.4. The van der Waals surface area contributed by atoms with Gasteiger partial charge < -0.3 is 4.48 Å². The highest BCUT2D eigenvalue weighted by molar-refractivity contribution is 6.41. The van der Waals surface area contributed by atoms with Crippen LogP contribution in [0.1, 0.15) is 43.1 Å². The number of carbonyl (C=O) groups is 1. The molecule has 1 aliphatic rings. The van der Waals surface area contributed by atoms with Gasteiger partial charge in [0.2, 0.25) is 0 Å². The molecule has 0 radical (unpaired) electrons. The van der Waals surface area contributed by atoms with Crippen LogP contribution < -0.4 is 0 Å². The molecule has 3 nitrogen and oxygen atoms in total. The molecule has 0 N–H and O–H groups in total. The average molecular weight is 404 g/mol. The van der Waals surface area contributed by atoms with E-state index < -0.39 is 7.40 Å². The first-order valence-corrected chi connectivity index (χ1v) is 9.95. The lowest BCUT2D eigenvalue weighted by atomic mass is 10.1. The Hall–Kier alpha value is -3.28. The molecule has 1 aliphatic heterocycles. The molecule has 0 amide bonds. The summed E-state index contributed by atoms with van der Waals surface area (Å²) in [6.45, 7) is 1.84. The second-order valence-electron chi connectivity index (χ2n) is 6.86. The van der Waals surface area contributed by atoms with Gasteiger partial charge in [0.25, 0.3) is 0 Å². The Morgan fingerprint density at radius 1 is 1.03 bits per heavy atom. The molecule has 0 aliphatic carbocycles. The van der Waals surface area contributed by atoms with Crippen molar-refractivity contribution in [3.63, 3.8) is 0 Å². The number of rotatable bonds is 9. The van der Waals surface area contributed by atoms with Crippen molar-refractivity contribution in [2.45, 2.75) is 26.2 Å². The van der Waals surface area contributed by atoms with Crippen LogP contribution in [-0.2, 0) is 4.79 Å². The lowest BCUT2D eigenvalue weighted by Crippen LogP contribution is -2.16. The summed E-state index contributed by atoms with van der Waals surface area (Å²) in [4.78, 5) is 15.9. The number of hydrogen-bond acceptors (Lipinski definition) is 2. The van der Waals surface area contributed by atoms with Gasteiger partial charge in [0.15, 0.2) is 0 Å². The van der Waals surface area contributed by atoms with Gasteiger partial charge in [-0.2, -0.15) is 0 Å². The first-order chi connectivity index (χ1) is 14.6. The lowest BCUT2D eigenvalue weighted by molar-refractivity contribution is -0.118. The molecule has 152 valence electrons. The fourth-order valence-electron chi connectivity index (χ4n) is 3.08. The minimum Gasteiger partial charge on any atom is -0.326 e. The summed E-state index contributed by atoms with van der Waals surface area (Å²) < 4.78 is 28.3. The van der Waals surface area contributed by atoms with Crippen molar-refractivity contribution in [2.75, 3.05) is 0 Å². The number of halogens is 2. The maximum absolute atomic E-state index is 13.7. The number of benzene rings is 1. The number of carbonyl (C=O) groups excluding carboxylic acids is 1. The number of ketones is 1. The largest absolute Gasteiger partial charge is 0.678 e. The number of aromatic nitrogens is 1. The average Bonchev–Trinajstić information content (AvgIpc) is 3.37. The van der Waals surface area contributed by atoms with E-state index in [1.807, 2.05) is 55.5 Å². The van der Waals surface area contributed by atoms with Crippen molar-refractivity contribution in [1.29, 1.82) is 0 Å². The molecule has 30 heavy (non-hydrogen) atoms. The molecule has 0 saturated carbocycles. The van der Waals surface area contributed by atoms with Crippen molar-refractivity contribution in [3.8, 4) is 0 Å². The Morgan fingerprint density at radius 3 is 2.50 bits per heavy atom. The summed E-state index contributed by atoms with van der Waals surface area (Å²) in [6.07, 6.45) is 13.9. The van der Waals surface area contributed by atoms with E-state index >= 15 is 0 Å². The summed E-state index contributed by atoms with van der Waals surface area (Å²) in [7, 11) is -2.67. The standard InChI is InChI=1S/C24H23BF2N2O/c1-2-24(30)17-14-20-12-13-21(28-20)18-23-16-15-22(29(23)25(26)27)11-7-6-10-19-8-4-3-5-9-19/h3-13,15-16,18H,2,14,17H2,1H3/b10-6+,11-7+,21-18-. The Morgan fingerprint density at radius 2 is 1.77 bits per heavy atom. The zero-order chi connectivity index (χ0) is 21.3. The predicted molar refractivity (Wildman–Crippen MR) is 121 cm³/mol. The maximum atomic E-state index is 13.7. The number of Topliss-reactive ketones (excluding diaryl/α,β-unsaturated/α-hetero) is 1. The fourth-order valence-corrected chi connectivity index (χ4v) is 3.08. The van der Waals surface area contributed by atoms with Gasteiger partial charge in [-0.25, -0.2) is 0 Å². The molecule has 0 atom stereocenters. The molecular weight excluding hydrogens is 381 g/mol. The summed E-state index contributed by atoms with van der Waals surface area (Å²) in [5.41, 5.74) is 3.23. The SMILES string of the molecule is CCC(=O)CCC1=N/C(=C\c2ccc(/C=C/C=C/c3ccccc3)n2B(F)F)C=C1. The van der Waals surface area contributed by atoms with Gasteiger partial charge in [-0.3, -0.25) is 18.4 Å². The Bertz CT molecular complexity index is 1030. The smallest absolute Gasteiger partial charge is 0.326 e. The molecule has 2 heterocycles. The highest BCUT2D eigenvalue weighted by atomic mass is 19.2. The topological polar surface area (TPSA) is 34.4 Å². The number of hydrogen-bond donors (Lipinski definition) is 0. The number of aliphatic imine (C=N–C) groups is 1. The van der Waals surface area contributed by atoms with Crippen molar-refractivity contribution >= 4 is 37.1 Å². The minimum atomic E-state index is -2.67. The first-order valence-electron chi connectivity index (χ1n) is 9.95. The van der Waals surface area contributed by atoms with E-state index in [4.69, 9.17) is 0 Å². The highest BCUT2D eigenvalue weighted by Crippen LogP contribution is 2.20. The van der Waals surface area contributed by atoms with Crippen LogP contribution in [0.5, 0.6) is 0 Å². The second kappa shape index (κ2) is 10.5. The van der Waals surface area contributed by atoms with Gasteiger partial charge in [-0.15, -0.1) is 0 Å². The summed E-state index contributed by atoms with van der Waals surface area (Å²) >= 11 is 0. The quantitative estimate of drug-likeness (QED) is 0.368. The zero-order valence-corrected chi connectivity index (χ0v) is 16.8. The predicted octanol–water partition coefficient (Wildman–Crippen LogP) is 6.10. The van der Waals surface area contributed by atoms with Crippen LogP contribution >= 0.6 is 0 Å². The fraction of sp³-hybridized carbons (Fsp3) is 0.167. The highest BCUT2D eigenvalue weighted by Gasteiger charge is 2.22. The van der Waals surface area contributed by atoms with Crippen LogP contribution in [-0.4, -0.2) is 23.4 Å². The molecule has 1 aromatic carbocycles. The molecule has 3 rings (SSSR count). The van der Waals surface area contributed by atoms with Crippen LogP contribution in [0.3, 0.4) is 0 Å². The molecule has 6 heteroatoms. The molecule has 0 spiro atoms. The molecular formula is C24H23BF2N2O. The monoisotopic (exact) mass is 404 g/mol. The summed E-state index contributed by atoms with van der Waals surface area (Å²) in [6, 6.07) is 13.1. The van der Waals surface area contributed by atoms with Crippen LogP contribution in [0.4, 0.5) is 8.63 Å². The molecule has 0 unspecified atom stereocenters. The Kier molecular flexibility index (Phi) is 7.49. The third-order valence-electron chi connectivity index (χ3n) is 4.71. The van der Waals surface area contributed by atoms with Crippen molar-refractivity contribution in [3.05, 3.63) is 89.4 Å². The van der Waals surface area contributed by atoms with Gasteiger partial charge in [-0.1, -0.05) is 55.5 Å². The molecule has 0 fully saturated rings. The van der Waals surface area contributed by atoms with E-state index in [0.29, 0.717) is 36.3 Å². The lowest BCUT2D eigenvalue weighted by Gasteiger charge is -2.05. The van der Waals surface area contributed by atoms with Crippen LogP contribution in [0.15, 0.2) is 77.5 Å². The Labute approximate surface area is 176 Å². The third kappa shape index (κ3) is 5.86. The normalized spacial score (nSPS) is 14.9. The van der Waals surface area contributed by atoms with Crippen molar-refractivity contribution in [1.82, 2.24) is 4.48 Å². The van der Waals surface area contributed by atoms with E-state index in [2.05, 4.69) is 4.99 Å². The number of allylic oxidation sites excluding steroid dienone is 4. The molecule has 2 aromatic rings. The molecule has 0 saturated heterocycles. The third-order valence-corrected chi connectivity index (χ3v) is 4.71. The molecule has 0 bridgehead atoms. The van der Waals surface area contributed by atoms with Gasteiger partial charge in [0.1, 0.15) is 5.78 Å². The van der Waals surface area contributed by atoms with Gasteiger partial charge in [0.05, 0.1) is 5.70 Å².